The molecule has 0 radical (unpaired) electrons. The predicted molar refractivity (Wildman–Crippen MR) is 82.7 cm³/mol. The van der Waals surface area contributed by atoms with Gasteiger partial charge in [-0.05, 0) is 37.5 Å². The Labute approximate surface area is 129 Å². The van der Waals surface area contributed by atoms with Gasteiger partial charge in [0.05, 0.1) is 11.9 Å². The zero-order valence-electron chi connectivity index (χ0n) is 12.6. The number of carbonyl (C=O) groups is 1. The minimum Gasteiger partial charge on any atom is -0.334 e. The molecule has 0 spiro atoms. The topological polar surface area (TPSA) is 78.5 Å². The number of nitrogens with one attached hydrogen (secondary N) is 2. The number of nitrogens with zero attached hydrogens (tertiary/aromatic N) is 1. The zero-order valence-corrected chi connectivity index (χ0v) is 13.4. The highest BCUT2D eigenvalue weighted by Crippen LogP contribution is 2.16. The smallest absolute Gasteiger partial charge is 0.319 e. The normalized spacial score (nSPS) is 19.7. The number of urea groups is 1. The van der Waals surface area contributed by atoms with Gasteiger partial charge in [-0.3, -0.25) is 0 Å². The van der Waals surface area contributed by atoms with E-state index >= 15 is 0 Å². The van der Waals surface area contributed by atoms with Crippen LogP contribution in [0, 0.1) is 12.7 Å². The highest BCUT2D eigenvalue weighted by molar-refractivity contribution is 7.88. The number of sulfonamides is 1. The Morgan fingerprint density at radius 3 is 2.82 bits per heavy atom. The molecule has 0 saturated carbocycles. The number of aryl methyl sites for hydroxylation is 1. The van der Waals surface area contributed by atoms with Crippen LogP contribution in [0.5, 0.6) is 0 Å². The average Bonchev–Trinajstić information content (AvgIpc) is 2.42. The van der Waals surface area contributed by atoms with Gasteiger partial charge in [-0.2, -0.15) is 0 Å². The van der Waals surface area contributed by atoms with Gasteiger partial charge in [0.2, 0.25) is 10.0 Å². The van der Waals surface area contributed by atoms with Gasteiger partial charge in [0.15, 0.2) is 0 Å². The third-order valence-corrected chi connectivity index (χ3v) is 4.83. The van der Waals surface area contributed by atoms with Crippen molar-refractivity contribution in [1.82, 2.24) is 9.62 Å². The number of piperidine rings is 1. The van der Waals surface area contributed by atoms with Crippen molar-refractivity contribution in [2.75, 3.05) is 24.7 Å². The van der Waals surface area contributed by atoms with Crippen LogP contribution in [-0.2, 0) is 10.0 Å². The van der Waals surface area contributed by atoms with Crippen molar-refractivity contribution < 1.29 is 17.6 Å². The molecule has 1 saturated heterocycles. The summed E-state index contributed by atoms with van der Waals surface area (Å²) in [6, 6.07) is 3.63. The van der Waals surface area contributed by atoms with Crippen molar-refractivity contribution in [3.8, 4) is 0 Å². The summed E-state index contributed by atoms with van der Waals surface area (Å²) in [5, 5.41) is 5.15. The SMILES string of the molecule is Cc1ccc(F)c(NC(=O)N[C@H]2CCCN(S(C)(=O)=O)C2)c1. The fraction of sp³-hybridized carbons (Fsp3) is 0.500. The van der Waals surface area contributed by atoms with Gasteiger partial charge in [0.25, 0.3) is 0 Å². The van der Waals surface area contributed by atoms with Crippen molar-refractivity contribution >= 4 is 21.7 Å². The van der Waals surface area contributed by atoms with Gasteiger partial charge in [0.1, 0.15) is 5.82 Å². The molecule has 1 fully saturated rings. The lowest BCUT2D eigenvalue weighted by Gasteiger charge is -2.31. The van der Waals surface area contributed by atoms with E-state index in [2.05, 4.69) is 10.6 Å². The second kappa shape index (κ2) is 6.62. The molecule has 22 heavy (non-hydrogen) atoms. The summed E-state index contributed by atoms with van der Waals surface area (Å²) < 4.78 is 38.0. The van der Waals surface area contributed by atoms with E-state index in [1.54, 1.807) is 19.1 Å². The van der Waals surface area contributed by atoms with E-state index in [1.165, 1.54) is 10.4 Å². The van der Waals surface area contributed by atoms with Gasteiger partial charge in [-0.15, -0.1) is 0 Å². The van der Waals surface area contributed by atoms with E-state index < -0.39 is 21.9 Å². The number of hydrogen-bond donors (Lipinski definition) is 2. The number of carbonyl (C=O) groups excluding carboxylic acids is 1. The minimum atomic E-state index is -3.26. The first kappa shape index (κ1) is 16.7. The van der Waals surface area contributed by atoms with Crippen molar-refractivity contribution in [2.24, 2.45) is 0 Å². The molecule has 8 heteroatoms. The van der Waals surface area contributed by atoms with E-state index in [9.17, 15) is 17.6 Å². The van der Waals surface area contributed by atoms with Gasteiger partial charge in [0, 0.05) is 19.1 Å². The fourth-order valence-electron chi connectivity index (χ4n) is 2.44. The fourth-order valence-corrected chi connectivity index (χ4v) is 3.35. The van der Waals surface area contributed by atoms with Crippen LogP contribution in [0.15, 0.2) is 18.2 Å². The lowest BCUT2D eigenvalue weighted by Crippen LogP contribution is -2.50. The molecular formula is C14H20FN3O3S. The second-order valence-electron chi connectivity index (χ2n) is 5.54. The minimum absolute atomic E-state index is 0.105. The zero-order chi connectivity index (χ0) is 16.3. The van der Waals surface area contributed by atoms with Crippen LogP contribution in [-0.4, -0.2) is 44.1 Å². The van der Waals surface area contributed by atoms with Crippen LogP contribution in [0.1, 0.15) is 18.4 Å². The maximum absolute atomic E-state index is 13.6. The number of amides is 2. The predicted octanol–water partition coefficient (Wildman–Crippen LogP) is 1.68. The van der Waals surface area contributed by atoms with Crippen molar-refractivity contribution in [1.29, 1.82) is 0 Å². The van der Waals surface area contributed by atoms with Crippen molar-refractivity contribution in [2.45, 2.75) is 25.8 Å². The average molecular weight is 329 g/mol. The number of anilines is 1. The van der Waals surface area contributed by atoms with E-state index in [0.717, 1.165) is 11.8 Å². The Morgan fingerprint density at radius 1 is 1.41 bits per heavy atom. The van der Waals surface area contributed by atoms with Crippen LogP contribution in [0.3, 0.4) is 0 Å². The molecule has 0 aromatic heterocycles. The van der Waals surface area contributed by atoms with Gasteiger partial charge in [-0.1, -0.05) is 6.07 Å². The van der Waals surface area contributed by atoms with Crippen molar-refractivity contribution in [3.63, 3.8) is 0 Å². The number of halogens is 1. The molecule has 2 amide bonds. The number of hydrogen-bond acceptors (Lipinski definition) is 3. The summed E-state index contributed by atoms with van der Waals surface area (Å²) in [6.07, 6.45) is 2.52. The summed E-state index contributed by atoms with van der Waals surface area (Å²) in [5.74, 6) is -0.512. The molecule has 0 aliphatic carbocycles. The van der Waals surface area contributed by atoms with Gasteiger partial charge < -0.3 is 10.6 Å². The maximum Gasteiger partial charge on any atom is 0.319 e. The number of benzene rings is 1. The second-order valence-corrected chi connectivity index (χ2v) is 7.52. The van der Waals surface area contributed by atoms with Crippen LogP contribution in [0.25, 0.3) is 0 Å². The first-order valence-corrected chi connectivity index (χ1v) is 8.89. The first-order chi connectivity index (χ1) is 10.3. The Balaban J connectivity index is 1.96. The summed E-state index contributed by atoms with van der Waals surface area (Å²) in [4.78, 5) is 11.9. The largest absolute Gasteiger partial charge is 0.334 e. The Kier molecular flexibility index (Phi) is 5.02. The molecule has 1 aliphatic rings. The molecule has 2 N–H and O–H groups in total. The Morgan fingerprint density at radius 2 is 2.14 bits per heavy atom. The molecule has 1 heterocycles. The molecule has 122 valence electrons. The molecule has 1 aliphatic heterocycles. The summed E-state index contributed by atoms with van der Waals surface area (Å²) in [6.45, 7) is 2.50. The standard InChI is InChI=1S/C14H20FN3O3S/c1-10-5-6-12(15)13(8-10)17-14(19)16-11-4-3-7-18(9-11)22(2,20)21/h5-6,8,11H,3-4,7,9H2,1-2H3,(H2,16,17,19)/t11-/m0/s1. The summed E-state index contributed by atoms with van der Waals surface area (Å²) in [5.41, 5.74) is 0.936. The third-order valence-electron chi connectivity index (χ3n) is 3.56. The first-order valence-electron chi connectivity index (χ1n) is 7.04. The molecule has 0 unspecified atom stereocenters. The molecule has 1 atom stereocenters. The summed E-state index contributed by atoms with van der Waals surface area (Å²) in [7, 11) is -3.26. The van der Waals surface area contributed by atoms with E-state index in [0.29, 0.717) is 19.4 Å². The highest BCUT2D eigenvalue weighted by Gasteiger charge is 2.26. The molecule has 6 nitrogen and oxygen atoms in total. The van der Waals surface area contributed by atoms with Crippen molar-refractivity contribution in [3.05, 3.63) is 29.6 Å². The molecule has 1 aromatic rings. The van der Waals surface area contributed by atoms with Gasteiger partial charge in [-0.25, -0.2) is 21.9 Å². The van der Waals surface area contributed by atoms with Crippen LogP contribution in [0.2, 0.25) is 0 Å². The lowest BCUT2D eigenvalue weighted by molar-refractivity contribution is 0.236. The summed E-state index contributed by atoms with van der Waals surface area (Å²) >= 11 is 0. The maximum atomic E-state index is 13.6. The lowest BCUT2D eigenvalue weighted by atomic mass is 10.1. The van der Waals surface area contributed by atoms with Crippen LogP contribution < -0.4 is 10.6 Å². The Hall–Kier alpha value is -1.67. The van der Waals surface area contributed by atoms with E-state index in [1.807, 2.05) is 0 Å². The molecule has 2 rings (SSSR count). The van der Waals surface area contributed by atoms with Crippen LogP contribution in [0.4, 0.5) is 14.9 Å². The third kappa shape index (κ3) is 4.41. The van der Waals surface area contributed by atoms with Crippen LogP contribution >= 0.6 is 0 Å². The van der Waals surface area contributed by atoms with E-state index in [4.69, 9.17) is 0 Å². The quantitative estimate of drug-likeness (QED) is 0.885. The highest BCUT2D eigenvalue weighted by atomic mass is 32.2. The monoisotopic (exact) mass is 329 g/mol. The van der Waals surface area contributed by atoms with E-state index in [-0.39, 0.29) is 18.3 Å². The Bertz CT molecular complexity index is 663. The molecular weight excluding hydrogens is 309 g/mol. The molecule has 1 aromatic carbocycles. The molecule has 0 bridgehead atoms. The number of rotatable bonds is 3. The van der Waals surface area contributed by atoms with Gasteiger partial charge >= 0.3 is 6.03 Å².